The predicted molar refractivity (Wildman–Crippen MR) is 72.8 cm³/mol. The van der Waals surface area contributed by atoms with E-state index in [2.05, 4.69) is 10.3 Å². The summed E-state index contributed by atoms with van der Waals surface area (Å²) in [6, 6.07) is 8.59. The lowest BCUT2D eigenvalue weighted by Gasteiger charge is -2.07. The number of halogens is 1. The third-order valence-electron chi connectivity index (χ3n) is 2.42. The number of pyridine rings is 1. The smallest absolute Gasteiger partial charge is 0.258 e. The van der Waals surface area contributed by atoms with Gasteiger partial charge in [0.05, 0.1) is 10.6 Å². The number of rotatable bonds is 2. The fourth-order valence-electron chi connectivity index (χ4n) is 1.50. The average Bonchev–Trinajstić information content (AvgIpc) is 2.35. The van der Waals surface area contributed by atoms with Crippen LogP contribution in [0.25, 0.3) is 0 Å². The minimum atomic E-state index is -0.286. The van der Waals surface area contributed by atoms with Gasteiger partial charge in [-0.05, 0) is 31.2 Å². The monoisotopic (exact) mass is 261 g/mol. The highest BCUT2D eigenvalue weighted by Gasteiger charge is 2.10. The molecule has 1 heterocycles. The number of carbonyl (C=O) groups is 1. The number of aromatic nitrogens is 1. The molecule has 1 amide bonds. The summed E-state index contributed by atoms with van der Waals surface area (Å²) >= 11 is 5.72. The Balaban J connectivity index is 2.21. The van der Waals surface area contributed by atoms with Gasteiger partial charge in [-0.1, -0.05) is 23.2 Å². The number of nitrogen functional groups attached to an aromatic ring is 1. The topological polar surface area (TPSA) is 68.0 Å². The van der Waals surface area contributed by atoms with Crippen LogP contribution in [-0.2, 0) is 0 Å². The Morgan fingerprint density at radius 3 is 2.78 bits per heavy atom. The minimum Gasteiger partial charge on any atom is -0.398 e. The van der Waals surface area contributed by atoms with Gasteiger partial charge in [0, 0.05) is 11.9 Å². The van der Waals surface area contributed by atoms with Gasteiger partial charge in [0.1, 0.15) is 5.82 Å². The molecule has 0 saturated heterocycles. The molecule has 0 atom stereocenters. The number of nitrogens with two attached hydrogens (primary N) is 1. The molecule has 1 aromatic heterocycles. The first-order valence-corrected chi connectivity index (χ1v) is 5.73. The van der Waals surface area contributed by atoms with E-state index in [1.54, 1.807) is 24.3 Å². The first-order valence-electron chi connectivity index (χ1n) is 5.35. The van der Waals surface area contributed by atoms with Gasteiger partial charge in [-0.3, -0.25) is 4.79 Å². The van der Waals surface area contributed by atoms with Crippen LogP contribution in [0.1, 0.15) is 15.9 Å². The molecule has 3 N–H and O–H groups in total. The number of nitrogens with one attached hydrogen (secondary N) is 1. The summed E-state index contributed by atoms with van der Waals surface area (Å²) in [7, 11) is 0. The Morgan fingerprint density at radius 1 is 1.33 bits per heavy atom. The van der Waals surface area contributed by atoms with Crippen LogP contribution < -0.4 is 11.1 Å². The van der Waals surface area contributed by atoms with Crippen molar-refractivity contribution in [2.24, 2.45) is 0 Å². The molecule has 92 valence electrons. The van der Waals surface area contributed by atoms with Crippen LogP contribution in [0, 0.1) is 6.92 Å². The average molecular weight is 262 g/mol. The lowest BCUT2D eigenvalue weighted by atomic mass is 10.1. The van der Waals surface area contributed by atoms with Crippen LogP contribution in [0.3, 0.4) is 0 Å². The first-order chi connectivity index (χ1) is 8.56. The highest BCUT2D eigenvalue weighted by Crippen LogP contribution is 2.16. The molecule has 4 nitrogen and oxygen atoms in total. The second-order valence-electron chi connectivity index (χ2n) is 3.91. The summed E-state index contributed by atoms with van der Waals surface area (Å²) in [4.78, 5) is 16.0. The number of benzene rings is 1. The van der Waals surface area contributed by atoms with Crippen molar-refractivity contribution in [1.29, 1.82) is 0 Å². The van der Waals surface area contributed by atoms with Crippen molar-refractivity contribution in [3.8, 4) is 0 Å². The van der Waals surface area contributed by atoms with Crippen LogP contribution in [0.4, 0.5) is 11.5 Å². The molecule has 0 aliphatic carbocycles. The van der Waals surface area contributed by atoms with Crippen molar-refractivity contribution < 1.29 is 4.79 Å². The van der Waals surface area contributed by atoms with Crippen molar-refractivity contribution >= 4 is 29.0 Å². The van der Waals surface area contributed by atoms with E-state index in [1.807, 2.05) is 13.0 Å². The van der Waals surface area contributed by atoms with Crippen LogP contribution in [0.15, 0.2) is 36.5 Å². The third kappa shape index (κ3) is 2.78. The Bertz CT molecular complexity index is 581. The summed E-state index contributed by atoms with van der Waals surface area (Å²) in [5.74, 6) is 0.149. The summed E-state index contributed by atoms with van der Waals surface area (Å²) in [6.45, 7) is 1.90. The van der Waals surface area contributed by atoms with E-state index in [0.29, 0.717) is 22.1 Å². The van der Waals surface area contributed by atoms with E-state index < -0.39 is 0 Å². The lowest BCUT2D eigenvalue weighted by Crippen LogP contribution is -2.15. The van der Waals surface area contributed by atoms with Crippen LogP contribution in [0.5, 0.6) is 0 Å². The normalized spacial score (nSPS) is 10.1. The predicted octanol–water partition coefficient (Wildman–Crippen LogP) is 2.88. The second kappa shape index (κ2) is 5.06. The van der Waals surface area contributed by atoms with Crippen LogP contribution >= 0.6 is 11.6 Å². The molecule has 0 aliphatic rings. The first kappa shape index (κ1) is 12.4. The molecule has 0 bridgehead atoms. The fraction of sp³-hybridized carbons (Fsp3) is 0.0769. The molecule has 5 heteroatoms. The molecule has 0 fully saturated rings. The Hall–Kier alpha value is -2.07. The number of hydrogen-bond donors (Lipinski definition) is 2. The Kier molecular flexibility index (Phi) is 3.48. The molecule has 0 radical (unpaired) electrons. The summed E-state index contributed by atoms with van der Waals surface area (Å²) in [5.41, 5.74) is 7.61. The molecule has 2 rings (SSSR count). The number of anilines is 2. The number of aryl methyl sites for hydroxylation is 1. The largest absolute Gasteiger partial charge is 0.398 e. The molecular formula is C13H12ClN3O. The molecule has 0 unspecified atom stereocenters. The van der Waals surface area contributed by atoms with E-state index in [9.17, 15) is 4.79 Å². The maximum atomic E-state index is 12.0. The zero-order valence-electron chi connectivity index (χ0n) is 9.77. The molecule has 0 spiro atoms. The second-order valence-corrected chi connectivity index (χ2v) is 4.34. The van der Waals surface area contributed by atoms with E-state index in [1.165, 1.54) is 6.20 Å². The van der Waals surface area contributed by atoms with E-state index >= 15 is 0 Å². The highest BCUT2D eigenvalue weighted by atomic mass is 35.5. The highest BCUT2D eigenvalue weighted by molar-refractivity contribution is 6.30. The Labute approximate surface area is 110 Å². The van der Waals surface area contributed by atoms with Crippen molar-refractivity contribution in [1.82, 2.24) is 4.98 Å². The van der Waals surface area contributed by atoms with Gasteiger partial charge in [0.15, 0.2) is 0 Å². The van der Waals surface area contributed by atoms with E-state index in [-0.39, 0.29) is 5.91 Å². The molecule has 2 aromatic rings. The van der Waals surface area contributed by atoms with Gasteiger partial charge in [-0.2, -0.15) is 0 Å². The van der Waals surface area contributed by atoms with Gasteiger partial charge in [0.25, 0.3) is 5.91 Å². The molecule has 18 heavy (non-hydrogen) atoms. The van der Waals surface area contributed by atoms with Crippen molar-refractivity contribution in [3.05, 3.63) is 52.7 Å². The zero-order chi connectivity index (χ0) is 13.1. The van der Waals surface area contributed by atoms with E-state index in [0.717, 1.165) is 5.56 Å². The van der Waals surface area contributed by atoms with Gasteiger partial charge in [-0.25, -0.2) is 4.98 Å². The minimum absolute atomic E-state index is 0.286. The summed E-state index contributed by atoms with van der Waals surface area (Å²) in [6.07, 6.45) is 1.47. The van der Waals surface area contributed by atoms with Crippen molar-refractivity contribution in [2.45, 2.75) is 6.92 Å². The molecule has 0 aliphatic heterocycles. The third-order valence-corrected chi connectivity index (χ3v) is 2.65. The van der Waals surface area contributed by atoms with Gasteiger partial charge in [0.2, 0.25) is 0 Å². The molecular weight excluding hydrogens is 250 g/mol. The van der Waals surface area contributed by atoms with Gasteiger partial charge < -0.3 is 11.1 Å². The van der Waals surface area contributed by atoms with Crippen molar-refractivity contribution in [2.75, 3.05) is 11.1 Å². The fourth-order valence-corrected chi connectivity index (χ4v) is 1.61. The summed E-state index contributed by atoms with van der Waals surface area (Å²) in [5, 5.41) is 3.18. The van der Waals surface area contributed by atoms with E-state index in [4.69, 9.17) is 17.3 Å². The number of amides is 1. The molecule has 0 saturated carbocycles. The quantitative estimate of drug-likeness (QED) is 0.817. The van der Waals surface area contributed by atoms with Gasteiger partial charge in [-0.15, -0.1) is 0 Å². The maximum Gasteiger partial charge on any atom is 0.258 e. The lowest BCUT2D eigenvalue weighted by molar-refractivity contribution is 0.102. The molecule has 1 aromatic carbocycles. The number of nitrogens with zero attached hydrogens (tertiary/aromatic N) is 1. The Morgan fingerprint density at radius 2 is 2.11 bits per heavy atom. The number of carbonyl (C=O) groups excluding carboxylic acids is 1. The zero-order valence-corrected chi connectivity index (χ0v) is 10.5. The summed E-state index contributed by atoms with van der Waals surface area (Å²) < 4.78 is 0. The number of hydrogen-bond acceptors (Lipinski definition) is 3. The van der Waals surface area contributed by atoms with Crippen molar-refractivity contribution in [3.63, 3.8) is 0 Å². The van der Waals surface area contributed by atoms with Crippen LogP contribution in [0.2, 0.25) is 5.02 Å². The maximum absolute atomic E-state index is 12.0. The standard InChI is InChI=1S/C13H12ClN3O/c1-8-2-4-11(15)10(6-8)13(18)17-12-5-3-9(14)7-16-12/h2-7H,15H2,1H3,(H,16,17,18). The SMILES string of the molecule is Cc1ccc(N)c(C(=O)Nc2ccc(Cl)cn2)c1. The van der Waals surface area contributed by atoms with Crippen LogP contribution in [-0.4, -0.2) is 10.9 Å². The van der Waals surface area contributed by atoms with Gasteiger partial charge >= 0.3 is 0 Å².